The fourth-order valence-corrected chi connectivity index (χ4v) is 3.11. The second kappa shape index (κ2) is 5.96. The first-order chi connectivity index (χ1) is 9.08. The van der Waals surface area contributed by atoms with Gasteiger partial charge in [-0.2, -0.15) is 17.5 Å². The highest BCUT2D eigenvalue weighted by atomic mass is 32.2. The van der Waals surface area contributed by atoms with E-state index in [1.165, 1.54) is 26.0 Å². The molecule has 0 spiro atoms. The number of aromatic nitrogens is 1. The Morgan fingerprint density at radius 1 is 1.35 bits per heavy atom. The van der Waals surface area contributed by atoms with Crippen LogP contribution < -0.4 is 5.32 Å². The Balaban J connectivity index is 3.15. The van der Waals surface area contributed by atoms with Gasteiger partial charge in [0.05, 0.1) is 0 Å². The Morgan fingerprint density at radius 2 is 1.95 bits per heavy atom. The van der Waals surface area contributed by atoms with Crippen LogP contribution in [0, 0.1) is 0 Å². The summed E-state index contributed by atoms with van der Waals surface area (Å²) < 4.78 is 62.3. The second-order valence-electron chi connectivity index (χ2n) is 4.39. The number of sulfonamides is 1. The molecule has 0 aromatic carbocycles. The smallest absolute Gasteiger partial charge is 0.373 e. The lowest BCUT2D eigenvalue weighted by molar-refractivity contribution is -0.138. The van der Waals surface area contributed by atoms with Crippen LogP contribution in [0.1, 0.15) is 13.8 Å². The number of alkyl halides is 3. The summed E-state index contributed by atoms with van der Waals surface area (Å²) >= 11 is 0. The second-order valence-corrected chi connectivity index (χ2v) is 6.28. The quantitative estimate of drug-likeness (QED) is 0.904. The van der Waals surface area contributed by atoms with Crippen LogP contribution in [0.15, 0.2) is 23.2 Å². The van der Waals surface area contributed by atoms with Gasteiger partial charge in [0.1, 0.15) is 17.3 Å². The molecule has 114 valence electrons. The van der Waals surface area contributed by atoms with Crippen LogP contribution in [0.3, 0.4) is 0 Å². The number of pyridine rings is 1. The van der Waals surface area contributed by atoms with E-state index in [1.54, 1.807) is 7.05 Å². The summed E-state index contributed by atoms with van der Waals surface area (Å²) in [6.45, 7) is 1.25. The molecule has 1 heterocycles. The first-order valence-corrected chi connectivity index (χ1v) is 7.24. The molecule has 0 atom stereocenters. The zero-order valence-electron chi connectivity index (χ0n) is 11.3. The first-order valence-electron chi connectivity index (χ1n) is 5.80. The minimum atomic E-state index is -4.60. The van der Waals surface area contributed by atoms with Crippen LogP contribution in [0.25, 0.3) is 0 Å². The highest BCUT2D eigenvalue weighted by Gasteiger charge is 2.38. The maximum atomic E-state index is 12.5. The largest absolute Gasteiger partial charge is 0.402 e. The summed E-state index contributed by atoms with van der Waals surface area (Å²) in [4.78, 5) is 3.53. The van der Waals surface area contributed by atoms with Gasteiger partial charge in [-0.3, -0.25) is 0 Å². The number of halogens is 3. The molecule has 0 aliphatic carbocycles. The normalized spacial score (nSPS) is 13.0. The van der Waals surface area contributed by atoms with E-state index >= 15 is 0 Å². The van der Waals surface area contributed by atoms with Gasteiger partial charge < -0.3 is 5.32 Å². The van der Waals surface area contributed by atoms with Gasteiger partial charge in [0.25, 0.3) is 0 Å². The summed E-state index contributed by atoms with van der Waals surface area (Å²) in [5.41, 5.74) is 0. The third-order valence-electron chi connectivity index (χ3n) is 2.51. The third-order valence-corrected chi connectivity index (χ3v) is 4.52. The molecule has 0 aliphatic heterocycles. The van der Waals surface area contributed by atoms with Crippen molar-refractivity contribution in [1.29, 1.82) is 0 Å². The molecule has 9 heteroatoms. The molecule has 0 unspecified atom stereocenters. The molecule has 0 radical (unpaired) electrons. The molecule has 5 nitrogen and oxygen atoms in total. The lowest BCUT2D eigenvalue weighted by Gasteiger charge is -2.26. The summed E-state index contributed by atoms with van der Waals surface area (Å²) in [6.07, 6.45) is -3.57. The van der Waals surface area contributed by atoms with Crippen molar-refractivity contribution in [1.82, 2.24) is 9.29 Å². The van der Waals surface area contributed by atoms with Crippen LogP contribution in [0.5, 0.6) is 0 Å². The van der Waals surface area contributed by atoms with Crippen molar-refractivity contribution >= 4 is 15.8 Å². The highest BCUT2D eigenvalue weighted by molar-refractivity contribution is 7.89. The van der Waals surface area contributed by atoms with Crippen molar-refractivity contribution in [2.45, 2.75) is 31.0 Å². The number of nitrogens with zero attached hydrogens (tertiary/aromatic N) is 2. The minimum absolute atomic E-state index is 0.269. The molecule has 1 N–H and O–H groups in total. The number of hydrogen-bond donors (Lipinski definition) is 1. The van der Waals surface area contributed by atoms with Crippen LogP contribution in [0.4, 0.5) is 19.0 Å². The van der Waals surface area contributed by atoms with Gasteiger partial charge in [-0.15, -0.1) is 0 Å². The topological polar surface area (TPSA) is 62.3 Å². The number of nitrogens with one attached hydrogen (secondary N) is 1. The van der Waals surface area contributed by atoms with E-state index in [9.17, 15) is 21.6 Å². The maximum Gasteiger partial charge on any atom is 0.402 e. The van der Waals surface area contributed by atoms with Crippen molar-refractivity contribution in [2.75, 3.05) is 18.9 Å². The molecule has 1 aromatic rings. The van der Waals surface area contributed by atoms with Crippen molar-refractivity contribution in [3.05, 3.63) is 18.3 Å². The summed E-state index contributed by atoms with van der Waals surface area (Å²) in [6, 6.07) is 1.80. The highest BCUT2D eigenvalue weighted by Crippen LogP contribution is 2.24. The van der Waals surface area contributed by atoms with Crippen LogP contribution in [-0.2, 0) is 10.0 Å². The Kier molecular flexibility index (Phi) is 4.98. The van der Waals surface area contributed by atoms with Crippen LogP contribution >= 0.6 is 0 Å². The first kappa shape index (κ1) is 16.7. The molecule has 1 rings (SSSR count). The Bertz CT molecular complexity index is 541. The number of hydrogen-bond acceptors (Lipinski definition) is 4. The number of rotatable bonds is 5. The summed E-state index contributed by atoms with van der Waals surface area (Å²) in [5.74, 6) is 0.427. The molecule has 0 amide bonds. The average molecular weight is 311 g/mol. The molecule has 0 bridgehead atoms. The average Bonchev–Trinajstić information content (AvgIpc) is 2.34. The van der Waals surface area contributed by atoms with Gasteiger partial charge in [0.2, 0.25) is 10.0 Å². The summed E-state index contributed by atoms with van der Waals surface area (Å²) in [7, 11) is -2.64. The van der Waals surface area contributed by atoms with E-state index < -0.39 is 28.8 Å². The lowest BCUT2D eigenvalue weighted by Crippen LogP contribution is -2.43. The fraction of sp³-hybridized carbons (Fsp3) is 0.545. The molecule has 0 fully saturated rings. The van der Waals surface area contributed by atoms with E-state index in [4.69, 9.17) is 0 Å². The van der Waals surface area contributed by atoms with Crippen molar-refractivity contribution in [3.63, 3.8) is 0 Å². The Hall–Kier alpha value is -1.35. The maximum absolute atomic E-state index is 12.5. The lowest BCUT2D eigenvalue weighted by atomic mass is 10.4. The van der Waals surface area contributed by atoms with Gasteiger partial charge >= 0.3 is 6.18 Å². The Morgan fingerprint density at radius 3 is 2.30 bits per heavy atom. The van der Waals surface area contributed by atoms with E-state index in [-0.39, 0.29) is 4.90 Å². The molecule has 0 saturated heterocycles. The Labute approximate surface area is 115 Å². The van der Waals surface area contributed by atoms with Crippen LogP contribution in [0.2, 0.25) is 0 Å². The predicted molar refractivity (Wildman–Crippen MR) is 68.9 cm³/mol. The monoisotopic (exact) mass is 311 g/mol. The van der Waals surface area contributed by atoms with Gasteiger partial charge in [0.15, 0.2) is 0 Å². The standard InChI is InChI=1S/C11H16F3N3O2S/c1-8(2)17(7-11(12,13)14)20(18,19)9-4-5-10(15-3)16-6-9/h4-6,8H,7H2,1-3H3,(H,15,16). The SMILES string of the molecule is CNc1ccc(S(=O)(=O)N(CC(F)(F)F)C(C)C)cn1. The van der Waals surface area contributed by atoms with Crippen molar-refractivity contribution in [2.24, 2.45) is 0 Å². The third kappa shape index (κ3) is 4.07. The van der Waals surface area contributed by atoms with Gasteiger partial charge in [-0.25, -0.2) is 13.4 Å². The fourth-order valence-electron chi connectivity index (χ4n) is 1.54. The molecule has 0 aliphatic rings. The summed E-state index contributed by atoms with van der Waals surface area (Å²) in [5, 5.41) is 2.70. The molecule has 20 heavy (non-hydrogen) atoms. The molecule has 0 saturated carbocycles. The van der Waals surface area contributed by atoms with E-state index in [1.807, 2.05) is 0 Å². The number of anilines is 1. The van der Waals surface area contributed by atoms with Crippen LogP contribution in [-0.4, -0.2) is 43.5 Å². The van der Waals surface area contributed by atoms with Gasteiger partial charge in [-0.1, -0.05) is 0 Å². The predicted octanol–water partition coefficient (Wildman–Crippen LogP) is 2.08. The zero-order chi connectivity index (χ0) is 15.6. The van der Waals surface area contributed by atoms with Crippen molar-refractivity contribution in [3.8, 4) is 0 Å². The zero-order valence-corrected chi connectivity index (χ0v) is 12.1. The van der Waals surface area contributed by atoms with Gasteiger partial charge in [-0.05, 0) is 26.0 Å². The van der Waals surface area contributed by atoms with E-state index in [0.29, 0.717) is 10.1 Å². The van der Waals surface area contributed by atoms with Crippen molar-refractivity contribution < 1.29 is 21.6 Å². The van der Waals surface area contributed by atoms with Gasteiger partial charge in [0, 0.05) is 19.3 Å². The molecule has 1 aromatic heterocycles. The minimum Gasteiger partial charge on any atom is -0.373 e. The van der Waals surface area contributed by atoms with E-state index in [0.717, 1.165) is 6.20 Å². The molecular formula is C11H16F3N3O2S. The molecular weight excluding hydrogens is 295 g/mol. The van der Waals surface area contributed by atoms with E-state index in [2.05, 4.69) is 10.3 Å².